The van der Waals surface area contributed by atoms with Gasteiger partial charge in [-0.15, -0.1) is 36.8 Å². The molecule has 0 atom stereocenters. The molecule has 0 unspecified atom stereocenters. The summed E-state index contributed by atoms with van der Waals surface area (Å²) in [5.41, 5.74) is 7.86. The summed E-state index contributed by atoms with van der Waals surface area (Å²) in [6.45, 7) is 4.50. The largest absolute Gasteiger partial charge is 4.00 e. The van der Waals surface area contributed by atoms with E-state index in [1.54, 1.807) is 31.1 Å². The van der Waals surface area contributed by atoms with Crippen molar-refractivity contribution >= 4 is 69.4 Å². The van der Waals surface area contributed by atoms with Gasteiger partial charge < -0.3 is 40.5 Å². The molecular weight excluding hydrogens is 1280 g/mol. The molecule has 0 fully saturated rings. The third-order valence-electron chi connectivity index (χ3n) is 10.8. The van der Waals surface area contributed by atoms with Crippen molar-refractivity contribution in [2.75, 3.05) is 26.3 Å². The molecule has 0 radical (unpaired) electrons. The minimum absolute atomic E-state index is 0. The predicted octanol–water partition coefficient (Wildman–Crippen LogP) is 15.7. The fourth-order valence-electron chi connectivity index (χ4n) is 7.38. The molecule has 14 heteroatoms. The number of hydrogen-bond donors (Lipinski definition) is 0. The van der Waals surface area contributed by atoms with Gasteiger partial charge in [-0.1, -0.05) is 170 Å². The van der Waals surface area contributed by atoms with Crippen molar-refractivity contribution < 1.29 is 42.1 Å². The maximum Gasteiger partial charge on any atom is 4.00 e. The van der Waals surface area contributed by atoms with Gasteiger partial charge in [-0.05, 0) is 35.6 Å². The van der Waals surface area contributed by atoms with E-state index in [4.69, 9.17) is 0 Å². The summed E-state index contributed by atoms with van der Waals surface area (Å²) in [4.78, 5) is 30.2. The first-order valence-corrected chi connectivity index (χ1v) is 23.4. The molecule has 0 saturated heterocycles. The van der Waals surface area contributed by atoms with Crippen LogP contribution in [0, 0.1) is 25.5 Å². The van der Waals surface area contributed by atoms with E-state index in [1.165, 1.54) is 0 Å². The quantitative estimate of drug-likeness (QED) is 0.0714. The van der Waals surface area contributed by atoms with Crippen LogP contribution in [0.5, 0.6) is 0 Å². The second-order valence-electron chi connectivity index (χ2n) is 15.7. The SMILES string of the molecule is C(=Nc1ccccc1)[N-]c1ccccc1.[C-]1=C(N2[CH-]N(c3ccccc3)c3nccnc32)C=CCC1.[Pt+4].[Pt].[c-]1ccccc1N1[CH-]N(c2ccccc2)c2nccnc21.c1ccc([N-]C[N-]c2ccccc2)cc1. The summed E-state index contributed by atoms with van der Waals surface area (Å²) in [6.07, 6.45) is 18.1. The van der Waals surface area contributed by atoms with Crippen molar-refractivity contribution in [2.45, 2.75) is 12.8 Å². The molecule has 3 aliphatic rings. The van der Waals surface area contributed by atoms with Gasteiger partial charge in [-0.3, -0.25) is 6.08 Å². The van der Waals surface area contributed by atoms with Crippen molar-refractivity contribution in [1.82, 2.24) is 19.9 Å². The topological polar surface area (TPSA) is 119 Å². The molecule has 0 saturated carbocycles. The van der Waals surface area contributed by atoms with Crippen molar-refractivity contribution in [1.29, 1.82) is 0 Å². The number of anilines is 7. The van der Waals surface area contributed by atoms with E-state index in [9.17, 15) is 0 Å². The van der Waals surface area contributed by atoms with Gasteiger partial charge in [0.05, 0.1) is 0 Å². The molecule has 12 nitrogen and oxygen atoms in total. The number of aromatic nitrogens is 4. The number of rotatable bonds is 11. The molecule has 12 rings (SSSR count). The maximum absolute atomic E-state index is 4.49. The van der Waals surface area contributed by atoms with Crippen LogP contribution >= 0.6 is 0 Å². The predicted molar refractivity (Wildman–Crippen MR) is 293 cm³/mol. The van der Waals surface area contributed by atoms with Gasteiger partial charge in [0.15, 0.2) is 0 Å². The summed E-state index contributed by atoms with van der Waals surface area (Å²) >= 11 is 0. The third-order valence-corrected chi connectivity index (χ3v) is 10.8. The van der Waals surface area contributed by atoms with Crippen molar-refractivity contribution in [3.63, 3.8) is 0 Å². The monoisotopic (exact) mass is 1330 g/mol. The molecule has 2 aliphatic heterocycles. The first-order valence-electron chi connectivity index (χ1n) is 23.4. The van der Waals surface area contributed by atoms with Gasteiger partial charge in [0.1, 0.15) is 23.3 Å². The van der Waals surface area contributed by atoms with Gasteiger partial charge in [0.2, 0.25) is 0 Å². The van der Waals surface area contributed by atoms with Crippen LogP contribution in [0.15, 0.2) is 254 Å². The van der Waals surface area contributed by atoms with Gasteiger partial charge in [0.25, 0.3) is 0 Å². The molecule has 0 bridgehead atoms. The van der Waals surface area contributed by atoms with Crippen LogP contribution in [-0.2, 0) is 42.1 Å². The third kappa shape index (κ3) is 14.9. The number of allylic oxidation sites excluding steroid dienone is 3. The molecule has 9 aromatic rings. The Morgan fingerprint density at radius 3 is 1.41 bits per heavy atom. The first kappa shape index (κ1) is 53.6. The fourth-order valence-corrected chi connectivity index (χ4v) is 7.38. The maximum atomic E-state index is 4.49. The Hall–Kier alpha value is -8.17. The number of para-hydroxylation sites is 7. The van der Waals surface area contributed by atoms with Crippen LogP contribution in [0.1, 0.15) is 12.8 Å². The molecule has 1 aliphatic carbocycles. The van der Waals surface area contributed by atoms with Crippen molar-refractivity contribution in [3.8, 4) is 0 Å². The van der Waals surface area contributed by atoms with E-state index in [0.29, 0.717) is 6.67 Å². The molecule has 7 aromatic carbocycles. The molecule has 74 heavy (non-hydrogen) atoms. The Bertz CT molecular complexity index is 3000. The van der Waals surface area contributed by atoms with E-state index in [2.05, 4.69) is 82.2 Å². The summed E-state index contributed by atoms with van der Waals surface area (Å²) in [5.74, 6) is 3.32. The van der Waals surface area contributed by atoms with E-state index >= 15 is 0 Å². The minimum atomic E-state index is 0. The Morgan fingerprint density at radius 2 is 0.932 bits per heavy atom. The molecular formula is C60H49N12Pt2-3. The van der Waals surface area contributed by atoms with Gasteiger partial charge in [-0.25, -0.2) is 26.6 Å². The zero-order valence-electron chi connectivity index (χ0n) is 39.9. The van der Waals surface area contributed by atoms with E-state index < -0.39 is 0 Å². The summed E-state index contributed by atoms with van der Waals surface area (Å²) < 4.78 is 0. The van der Waals surface area contributed by atoms with E-state index in [1.807, 2.05) is 222 Å². The number of benzene rings is 7. The molecule has 372 valence electrons. The summed E-state index contributed by atoms with van der Waals surface area (Å²) in [5, 5.41) is 12.9. The standard InChI is InChI=1S/C17H14N4.C17H12N4.C13H12N2.C13H11N2.2Pt/c2*1-3-7-14(8-4-1)20-13-21(15-9-5-2-6-10-15)17-16(20)18-11-12-19-17;2*1-3-7-12(8-4-1)14-11-15-13-9-5-2-6-10-13;;/h1,3-5,7-9,11-13H,2,6H2;1-9,11-13H;1-10H,11H2;1-11H;;/q3*-2;-1;;+4. The van der Waals surface area contributed by atoms with E-state index in [-0.39, 0.29) is 42.1 Å². The normalized spacial score (nSPS) is 12.6. The molecule has 4 heterocycles. The van der Waals surface area contributed by atoms with E-state index in [0.717, 1.165) is 81.6 Å². The number of fused-ring (bicyclic) bond motifs is 2. The van der Waals surface area contributed by atoms with Gasteiger partial charge in [-0.2, -0.15) is 48.2 Å². The van der Waals surface area contributed by atoms with Crippen molar-refractivity contribution in [2.24, 2.45) is 4.99 Å². The van der Waals surface area contributed by atoms with Gasteiger partial charge >= 0.3 is 21.1 Å². The summed E-state index contributed by atoms with van der Waals surface area (Å²) in [6, 6.07) is 70.6. The van der Waals surface area contributed by atoms with Crippen LogP contribution in [0.25, 0.3) is 16.0 Å². The second kappa shape index (κ2) is 28.8. The smallest absolute Gasteiger partial charge is 0.699 e. The Balaban J connectivity index is 0.000000145. The van der Waals surface area contributed by atoms with Crippen molar-refractivity contribution in [3.05, 3.63) is 290 Å². The van der Waals surface area contributed by atoms with Crippen LogP contribution in [0.4, 0.5) is 63.1 Å². The first-order chi connectivity index (χ1) is 35.8. The molecule has 2 aromatic heterocycles. The minimum Gasteiger partial charge on any atom is -0.699 e. The Kier molecular flexibility index (Phi) is 20.8. The second-order valence-corrected chi connectivity index (χ2v) is 15.7. The molecule has 0 amide bonds. The molecule has 0 N–H and O–H groups in total. The van der Waals surface area contributed by atoms with Crippen LogP contribution in [-0.4, -0.2) is 32.9 Å². The summed E-state index contributed by atoms with van der Waals surface area (Å²) in [7, 11) is 0. The Labute approximate surface area is 462 Å². The van der Waals surface area contributed by atoms with Crippen LogP contribution < -0.4 is 19.6 Å². The average molecular weight is 1330 g/mol. The average Bonchev–Trinajstić information content (AvgIpc) is 4.06. The molecule has 0 spiro atoms. The number of hydrogen-bond acceptors (Lipinski definition) is 9. The zero-order chi connectivity index (χ0) is 48.8. The Morgan fingerprint density at radius 1 is 0.500 bits per heavy atom. The zero-order valence-corrected chi connectivity index (χ0v) is 44.5. The van der Waals surface area contributed by atoms with Gasteiger partial charge in [0, 0.05) is 57.2 Å². The fraction of sp³-hybridized carbons (Fsp3) is 0.0500. The van der Waals surface area contributed by atoms with Crippen LogP contribution in [0.2, 0.25) is 0 Å². The van der Waals surface area contributed by atoms with Crippen LogP contribution in [0.3, 0.4) is 0 Å². The number of nitrogens with zero attached hydrogens (tertiary/aromatic N) is 12. The number of aliphatic imine (C=N–C) groups is 1.